The molecule has 6 rings (SSSR count). The molecule has 4 saturated carbocycles. The van der Waals surface area contributed by atoms with E-state index < -0.39 is 5.97 Å². The quantitative estimate of drug-likeness (QED) is 0.639. The van der Waals surface area contributed by atoms with Gasteiger partial charge in [0.05, 0.1) is 6.04 Å². The second-order valence-electron chi connectivity index (χ2n) is 10.7. The largest absolute Gasteiger partial charge is 0.454 e. The standard InChI is InChI=1S/C26H34N2O4/c29-23(14-26-11-17-8-18(12-26)10-19(9-17)13-26)27-15-25(31)32-16-24(30)28-22-7-3-5-20-4-1-2-6-21(20)22/h1-2,4,6,17-19,22H,3,5,7-16H2,(H,27,29)(H,28,30). The molecule has 0 heterocycles. The topological polar surface area (TPSA) is 84.5 Å². The molecule has 2 N–H and O–H groups in total. The molecular formula is C26H34N2O4. The summed E-state index contributed by atoms with van der Waals surface area (Å²) in [6.07, 6.45) is 11.0. The van der Waals surface area contributed by atoms with Crippen LogP contribution in [0.4, 0.5) is 0 Å². The van der Waals surface area contributed by atoms with E-state index in [1.165, 1.54) is 44.1 Å². The Morgan fingerprint density at radius 3 is 2.38 bits per heavy atom. The number of esters is 1. The van der Waals surface area contributed by atoms with Gasteiger partial charge in [0, 0.05) is 6.42 Å². The van der Waals surface area contributed by atoms with Crippen molar-refractivity contribution in [1.82, 2.24) is 10.6 Å². The fourth-order valence-electron chi connectivity index (χ4n) is 7.42. The highest BCUT2D eigenvalue weighted by Crippen LogP contribution is 2.61. The summed E-state index contributed by atoms with van der Waals surface area (Å²) >= 11 is 0. The summed E-state index contributed by atoms with van der Waals surface area (Å²) in [7, 11) is 0. The van der Waals surface area contributed by atoms with Gasteiger partial charge in [-0.3, -0.25) is 14.4 Å². The molecule has 0 radical (unpaired) electrons. The molecule has 1 aromatic rings. The number of rotatable bonds is 7. The van der Waals surface area contributed by atoms with Gasteiger partial charge in [-0.25, -0.2) is 0 Å². The van der Waals surface area contributed by atoms with E-state index in [0.717, 1.165) is 42.6 Å². The molecule has 2 amide bonds. The van der Waals surface area contributed by atoms with Gasteiger partial charge in [0.25, 0.3) is 5.91 Å². The summed E-state index contributed by atoms with van der Waals surface area (Å²) in [5.74, 6) is 1.46. The van der Waals surface area contributed by atoms with Gasteiger partial charge in [-0.1, -0.05) is 24.3 Å². The summed E-state index contributed by atoms with van der Waals surface area (Å²) in [6.45, 7) is -0.493. The van der Waals surface area contributed by atoms with Gasteiger partial charge in [-0.05, 0) is 92.1 Å². The lowest BCUT2D eigenvalue weighted by Crippen LogP contribution is -2.48. The summed E-state index contributed by atoms with van der Waals surface area (Å²) in [4.78, 5) is 36.9. The van der Waals surface area contributed by atoms with Crippen LogP contribution in [0.5, 0.6) is 0 Å². The zero-order valence-corrected chi connectivity index (χ0v) is 18.7. The second-order valence-corrected chi connectivity index (χ2v) is 10.7. The zero-order chi connectivity index (χ0) is 22.1. The van der Waals surface area contributed by atoms with Crippen LogP contribution in [0.25, 0.3) is 0 Å². The van der Waals surface area contributed by atoms with Crippen molar-refractivity contribution >= 4 is 17.8 Å². The minimum atomic E-state index is -0.567. The van der Waals surface area contributed by atoms with E-state index in [4.69, 9.17) is 4.74 Å². The van der Waals surface area contributed by atoms with Gasteiger partial charge in [0.15, 0.2) is 6.61 Å². The first kappa shape index (κ1) is 21.5. The fraction of sp³-hybridized carbons (Fsp3) is 0.654. The van der Waals surface area contributed by atoms with E-state index in [0.29, 0.717) is 6.42 Å². The predicted octanol–water partition coefficient (Wildman–Crippen LogP) is 3.45. The van der Waals surface area contributed by atoms with Gasteiger partial charge in [0.2, 0.25) is 5.91 Å². The van der Waals surface area contributed by atoms with E-state index in [1.807, 2.05) is 18.2 Å². The second kappa shape index (κ2) is 8.87. The van der Waals surface area contributed by atoms with Crippen molar-refractivity contribution in [3.63, 3.8) is 0 Å². The van der Waals surface area contributed by atoms with Crippen molar-refractivity contribution in [2.45, 2.75) is 70.3 Å². The molecule has 6 heteroatoms. The monoisotopic (exact) mass is 438 g/mol. The van der Waals surface area contributed by atoms with Crippen molar-refractivity contribution < 1.29 is 19.1 Å². The Kier molecular flexibility index (Phi) is 5.95. The molecule has 1 atom stereocenters. The Morgan fingerprint density at radius 1 is 0.969 bits per heavy atom. The summed E-state index contributed by atoms with van der Waals surface area (Å²) in [6, 6.07) is 8.11. The number of amides is 2. The van der Waals surface area contributed by atoms with Crippen molar-refractivity contribution in [2.75, 3.05) is 13.2 Å². The Labute approximate surface area is 189 Å². The minimum Gasteiger partial charge on any atom is -0.454 e. The molecule has 0 spiro atoms. The van der Waals surface area contributed by atoms with Crippen LogP contribution in [0.3, 0.4) is 0 Å². The van der Waals surface area contributed by atoms with Gasteiger partial charge in [0.1, 0.15) is 6.54 Å². The molecule has 1 aromatic carbocycles. The molecule has 1 unspecified atom stereocenters. The molecule has 4 bridgehead atoms. The Hall–Kier alpha value is -2.37. The molecule has 172 valence electrons. The number of nitrogens with one attached hydrogen (secondary N) is 2. The van der Waals surface area contributed by atoms with Crippen molar-refractivity contribution in [1.29, 1.82) is 0 Å². The number of benzene rings is 1. The number of carbonyl (C=O) groups excluding carboxylic acids is 3. The first-order chi connectivity index (χ1) is 15.5. The summed E-state index contributed by atoms with van der Waals surface area (Å²) in [5, 5.41) is 5.71. The third-order valence-corrected chi connectivity index (χ3v) is 8.20. The van der Waals surface area contributed by atoms with Gasteiger partial charge in [-0.15, -0.1) is 0 Å². The number of hydrogen-bond donors (Lipinski definition) is 2. The number of hydrogen-bond acceptors (Lipinski definition) is 4. The van der Waals surface area contributed by atoms with Gasteiger partial charge in [-0.2, -0.15) is 0 Å². The van der Waals surface area contributed by atoms with E-state index in [-0.39, 0.29) is 36.4 Å². The third-order valence-electron chi connectivity index (χ3n) is 8.20. The van der Waals surface area contributed by atoms with E-state index >= 15 is 0 Å². The number of fused-ring (bicyclic) bond motifs is 1. The van der Waals surface area contributed by atoms with Crippen LogP contribution < -0.4 is 10.6 Å². The highest BCUT2D eigenvalue weighted by molar-refractivity contribution is 5.84. The highest BCUT2D eigenvalue weighted by Gasteiger charge is 2.51. The number of carbonyl (C=O) groups is 3. The molecule has 0 saturated heterocycles. The van der Waals surface area contributed by atoms with E-state index in [1.54, 1.807) is 0 Å². The lowest BCUT2D eigenvalue weighted by atomic mass is 9.49. The van der Waals surface area contributed by atoms with Crippen LogP contribution in [-0.2, 0) is 25.5 Å². The molecule has 0 aliphatic heterocycles. The fourth-order valence-corrected chi connectivity index (χ4v) is 7.42. The first-order valence-electron chi connectivity index (χ1n) is 12.3. The van der Waals surface area contributed by atoms with Crippen LogP contribution >= 0.6 is 0 Å². The molecule has 32 heavy (non-hydrogen) atoms. The van der Waals surface area contributed by atoms with E-state index in [9.17, 15) is 14.4 Å². The third kappa shape index (κ3) is 4.69. The highest BCUT2D eigenvalue weighted by atomic mass is 16.5. The minimum absolute atomic E-state index is 0.0360. The Bertz CT molecular complexity index is 860. The lowest BCUT2D eigenvalue weighted by molar-refractivity contribution is -0.149. The van der Waals surface area contributed by atoms with Crippen LogP contribution in [0, 0.1) is 23.2 Å². The van der Waals surface area contributed by atoms with Gasteiger partial charge >= 0.3 is 5.97 Å². The summed E-state index contributed by atoms with van der Waals surface area (Å²) in [5.41, 5.74) is 2.57. The molecule has 0 aromatic heterocycles. The molecule has 5 aliphatic carbocycles. The molecule has 5 aliphatic rings. The SMILES string of the molecule is O=C(CC12CC3CC(CC(C3)C1)C2)NCC(=O)OCC(=O)NC1CCCc2ccccc21. The van der Waals surface area contributed by atoms with Crippen LogP contribution in [0.2, 0.25) is 0 Å². The lowest BCUT2D eigenvalue weighted by Gasteiger charge is -2.56. The normalized spacial score (nSPS) is 32.1. The van der Waals surface area contributed by atoms with Crippen LogP contribution in [-0.4, -0.2) is 30.9 Å². The molecule has 4 fully saturated rings. The van der Waals surface area contributed by atoms with Crippen molar-refractivity contribution in [2.24, 2.45) is 23.2 Å². The summed E-state index contributed by atoms with van der Waals surface area (Å²) < 4.78 is 5.11. The number of aryl methyl sites for hydroxylation is 1. The average Bonchev–Trinajstić information content (AvgIpc) is 2.75. The van der Waals surface area contributed by atoms with Crippen molar-refractivity contribution in [3.05, 3.63) is 35.4 Å². The van der Waals surface area contributed by atoms with Crippen LogP contribution in [0.15, 0.2) is 24.3 Å². The predicted molar refractivity (Wildman–Crippen MR) is 119 cm³/mol. The zero-order valence-electron chi connectivity index (χ0n) is 18.7. The average molecular weight is 439 g/mol. The Morgan fingerprint density at radius 2 is 1.66 bits per heavy atom. The van der Waals surface area contributed by atoms with Crippen LogP contribution in [0.1, 0.15) is 75.0 Å². The maximum Gasteiger partial charge on any atom is 0.325 e. The number of ether oxygens (including phenoxy) is 1. The maximum atomic E-state index is 12.6. The maximum absolute atomic E-state index is 12.6. The first-order valence-corrected chi connectivity index (χ1v) is 12.3. The molecule has 6 nitrogen and oxygen atoms in total. The van der Waals surface area contributed by atoms with Crippen molar-refractivity contribution in [3.8, 4) is 0 Å². The van der Waals surface area contributed by atoms with Gasteiger partial charge < -0.3 is 15.4 Å². The van der Waals surface area contributed by atoms with E-state index in [2.05, 4.69) is 16.7 Å². The molecular weight excluding hydrogens is 404 g/mol. The smallest absolute Gasteiger partial charge is 0.325 e. The Balaban J connectivity index is 1.03.